The van der Waals surface area contributed by atoms with E-state index in [0.29, 0.717) is 6.01 Å². The maximum atomic E-state index is 11.0. The van der Waals surface area contributed by atoms with Crippen molar-refractivity contribution in [2.45, 2.75) is 18.9 Å². The molecule has 0 aliphatic carbocycles. The Hall–Kier alpha value is -2.70. The van der Waals surface area contributed by atoms with Crippen molar-refractivity contribution in [1.82, 2.24) is 4.98 Å². The minimum absolute atomic E-state index is 0.0242. The number of nitrogens with zero attached hydrogens (tertiary/aromatic N) is 2. The molecule has 1 N–H and O–H groups in total. The molecular weight excluding hydrogens is 300 g/mol. The van der Waals surface area contributed by atoms with Gasteiger partial charge in [-0.1, -0.05) is 0 Å². The zero-order valence-corrected chi connectivity index (χ0v) is 13.0. The standard InChI is InChI=1S/C16H18N2O5/c1-21-10-5-6-11(14(8-10)22-2)13-4-3-7-18(13)16-17-12(9-23-16)15(19)20/h5-6,8-9,13H,3-4,7H2,1-2H3,(H,19,20). The Morgan fingerprint density at radius 1 is 1.39 bits per heavy atom. The number of anilines is 1. The van der Waals surface area contributed by atoms with Crippen LogP contribution in [-0.2, 0) is 0 Å². The molecule has 3 rings (SSSR count). The van der Waals surface area contributed by atoms with Crippen LogP contribution in [0.15, 0.2) is 28.9 Å². The fourth-order valence-corrected chi connectivity index (χ4v) is 2.91. The number of oxazole rings is 1. The number of aromatic carboxylic acids is 1. The van der Waals surface area contributed by atoms with Gasteiger partial charge in [0.05, 0.1) is 20.3 Å². The maximum absolute atomic E-state index is 11.0. The number of carboxylic acid groups (broad SMARTS) is 1. The van der Waals surface area contributed by atoms with Crippen molar-refractivity contribution < 1.29 is 23.8 Å². The fourth-order valence-electron chi connectivity index (χ4n) is 2.91. The molecule has 122 valence electrons. The van der Waals surface area contributed by atoms with Crippen molar-refractivity contribution >= 4 is 12.0 Å². The lowest BCUT2D eigenvalue weighted by atomic mass is 10.0. The van der Waals surface area contributed by atoms with Gasteiger partial charge < -0.3 is 23.9 Å². The van der Waals surface area contributed by atoms with Crippen LogP contribution in [0.1, 0.15) is 34.9 Å². The third-order valence-electron chi connectivity index (χ3n) is 4.01. The summed E-state index contributed by atoms with van der Waals surface area (Å²) < 4.78 is 16.1. The fraction of sp³-hybridized carbons (Fsp3) is 0.375. The van der Waals surface area contributed by atoms with E-state index in [1.165, 1.54) is 0 Å². The van der Waals surface area contributed by atoms with Gasteiger partial charge in [0.2, 0.25) is 0 Å². The summed E-state index contributed by atoms with van der Waals surface area (Å²) in [6.07, 6.45) is 3.04. The molecular formula is C16H18N2O5. The van der Waals surface area contributed by atoms with Gasteiger partial charge >= 0.3 is 5.97 Å². The molecule has 1 aliphatic heterocycles. The Morgan fingerprint density at radius 2 is 2.22 bits per heavy atom. The van der Waals surface area contributed by atoms with E-state index in [-0.39, 0.29) is 11.7 Å². The molecule has 0 spiro atoms. The van der Waals surface area contributed by atoms with Crippen LogP contribution in [0.2, 0.25) is 0 Å². The molecule has 1 aromatic heterocycles. The Kier molecular flexibility index (Phi) is 4.10. The zero-order chi connectivity index (χ0) is 16.4. The van der Waals surface area contributed by atoms with Gasteiger partial charge in [-0.15, -0.1) is 0 Å². The Balaban J connectivity index is 1.93. The summed E-state index contributed by atoms with van der Waals surface area (Å²) in [5.74, 6) is 0.350. The van der Waals surface area contributed by atoms with Crippen LogP contribution < -0.4 is 14.4 Å². The number of rotatable bonds is 5. The lowest BCUT2D eigenvalue weighted by Crippen LogP contribution is -2.23. The normalized spacial score (nSPS) is 17.3. The molecule has 0 amide bonds. The average Bonchev–Trinajstić information content (AvgIpc) is 3.22. The number of methoxy groups -OCH3 is 2. The van der Waals surface area contributed by atoms with Gasteiger partial charge in [-0.3, -0.25) is 0 Å². The second-order valence-electron chi connectivity index (χ2n) is 5.28. The van der Waals surface area contributed by atoms with E-state index in [4.69, 9.17) is 19.0 Å². The van der Waals surface area contributed by atoms with Gasteiger partial charge in [0.15, 0.2) is 5.69 Å². The molecule has 0 radical (unpaired) electrons. The van der Waals surface area contributed by atoms with E-state index < -0.39 is 5.97 Å². The largest absolute Gasteiger partial charge is 0.497 e. The predicted molar refractivity (Wildman–Crippen MR) is 82.3 cm³/mol. The number of hydrogen-bond donors (Lipinski definition) is 1. The molecule has 1 aromatic carbocycles. The van der Waals surface area contributed by atoms with E-state index in [1.807, 2.05) is 23.1 Å². The molecule has 7 heteroatoms. The first-order valence-corrected chi connectivity index (χ1v) is 7.31. The molecule has 2 heterocycles. The molecule has 1 fully saturated rings. The minimum Gasteiger partial charge on any atom is -0.497 e. The molecule has 7 nitrogen and oxygen atoms in total. The van der Waals surface area contributed by atoms with Gasteiger partial charge in [-0.25, -0.2) is 4.79 Å². The monoisotopic (exact) mass is 318 g/mol. The number of ether oxygens (including phenoxy) is 2. The zero-order valence-electron chi connectivity index (χ0n) is 13.0. The van der Waals surface area contributed by atoms with E-state index in [9.17, 15) is 4.79 Å². The van der Waals surface area contributed by atoms with Crippen molar-refractivity contribution in [3.05, 3.63) is 35.7 Å². The quantitative estimate of drug-likeness (QED) is 0.907. The van der Waals surface area contributed by atoms with Gasteiger partial charge in [-0.05, 0) is 25.0 Å². The molecule has 1 atom stereocenters. The van der Waals surface area contributed by atoms with Gasteiger partial charge in [0, 0.05) is 18.2 Å². The predicted octanol–water partition coefficient (Wildman–Crippen LogP) is 2.73. The summed E-state index contributed by atoms with van der Waals surface area (Å²) in [5, 5.41) is 8.99. The molecule has 0 bridgehead atoms. The first-order chi connectivity index (χ1) is 11.1. The molecule has 1 saturated heterocycles. The SMILES string of the molecule is COc1ccc(C2CCCN2c2nc(C(=O)O)co2)c(OC)c1. The van der Waals surface area contributed by atoms with E-state index in [2.05, 4.69) is 4.98 Å². The first-order valence-electron chi connectivity index (χ1n) is 7.31. The number of carboxylic acids is 1. The lowest BCUT2D eigenvalue weighted by Gasteiger charge is -2.24. The maximum Gasteiger partial charge on any atom is 0.357 e. The van der Waals surface area contributed by atoms with E-state index in [0.717, 1.165) is 42.7 Å². The summed E-state index contributed by atoms with van der Waals surface area (Å²) >= 11 is 0. The van der Waals surface area contributed by atoms with Crippen molar-refractivity contribution in [2.75, 3.05) is 25.7 Å². The highest BCUT2D eigenvalue weighted by molar-refractivity contribution is 5.85. The van der Waals surface area contributed by atoms with Crippen molar-refractivity contribution in [1.29, 1.82) is 0 Å². The van der Waals surface area contributed by atoms with Gasteiger partial charge in [0.25, 0.3) is 6.01 Å². The van der Waals surface area contributed by atoms with Crippen LogP contribution in [0.5, 0.6) is 11.5 Å². The van der Waals surface area contributed by atoms with Gasteiger partial charge in [-0.2, -0.15) is 4.98 Å². The Labute approximate surface area is 133 Å². The summed E-state index contributed by atoms with van der Waals surface area (Å²) in [5.41, 5.74) is 0.910. The van der Waals surface area contributed by atoms with Crippen molar-refractivity contribution in [2.24, 2.45) is 0 Å². The number of aromatic nitrogens is 1. The molecule has 2 aromatic rings. The number of hydrogen-bond acceptors (Lipinski definition) is 6. The molecule has 0 saturated carbocycles. The number of benzene rings is 1. The van der Waals surface area contributed by atoms with E-state index >= 15 is 0 Å². The van der Waals surface area contributed by atoms with Crippen LogP contribution in [0.25, 0.3) is 0 Å². The Morgan fingerprint density at radius 3 is 2.87 bits per heavy atom. The second kappa shape index (κ2) is 6.20. The Bertz CT molecular complexity index is 712. The summed E-state index contributed by atoms with van der Waals surface area (Å²) in [6.45, 7) is 0.749. The lowest BCUT2D eigenvalue weighted by molar-refractivity contribution is 0.0690. The summed E-state index contributed by atoms with van der Waals surface area (Å²) in [4.78, 5) is 17.0. The summed E-state index contributed by atoms with van der Waals surface area (Å²) in [7, 11) is 3.22. The van der Waals surface area contributed by atoms with E-state index in [1.54, 1.807) is 14.2 Å². The highest BCUT2D eigenvalue weighted by Gasteiger charge is 2.32. The molecule has 23 heavy (non-hydrogen) atoms. The van der Waals surface area contributed by atoms with Crippen LogP contribution in [0.4, 0.5) is 6.01 Å². The van der Waals surface area contributed by atoms with Crippen LogP contribution >= 0.6 is 0 Å². The van der Waals surface area contributed by atoms with Crippen LogP contribution in [0.3, 0.4) is 0 Å². The first kappa shape index (κ1) is 15.2. The molecule has 1 aliphatic rings. The number of carbonyl (C=O) groups is 1. The molecule has 1 unspecified atom stereocenters. The third kappa shape index (κ3) is 2.81. The highest BCUT2D eigenvalue weighted by atomic mass is 16.5. The second-order valence-corrected chi connectivity index (χ2v) is 5.28. The van der Waals surface area contributed by atoms with Gasteiger partial charge in [0.1, 0.15) is 17.8 Å². The smallest absolute Gasteiger partial charge is 0.357 e. The van der Waals surface area contributed by atoms with Crippen molar-refractivity contribution in [3.63, 3.8) is 0 Å². The average molecular weight is 318 g/mol. The van der Waals surface area contributed by atoms with Crippen molar-refractivity contribution in [3.8, 4) is 11.5 Å². The summed E-state index contributed by atoms with van der Waals surface area (Å²) in [6, 6.07) is 6.03. The third-order valence-corrected chi connectivity index (χ3v) is 4.01. The van der Waals surface area contributed by atoms with Crippen LogP contribution in [0, 0.1) is 0 Å². The minimum atomic E-state index is -1.10. The topological polar surface area (TPSA) is 85.0 Å². The highest BCUT2D eigenvalue weighted by Crippen LogP contribution is 2.40. The van der Waals surface area contributed by atoms with Crippen LogP contribution in [-0.4, -0.2) is 36.8 Å².